The summed E-state index contributed by atoms with van der Waals surface area (Å²) < 4.78 is 10.2. The molecule has 0 atom stereocenters. The predicted molar refractivity (Wildman–Crippen MR) is 86.7 cm³/mol. The fourth-order valence-corrected chi connectivity index (χ4v) is 2.03. The van der Waals surface area contributed by atoms with Gasteiger partial charge in [0.15, 0.2) is 13.2 Å². The average molecular weight is 334 g/mol. The van der Waals surface area contributed by atoms with Gasteiger partial charge >= 0.3 is 12.0 Å². The number of amides is 3. The van der Waals surface area contributed by atoms with E-state index in [0.29, 0.717) is 5.75 Å². The van der Waals surface area contributed by atoms with Crippen molar-refractivity contribution in [2.24, 2.45) is 0 Å². The molecule has 0 saturated heterocycles. The molecule has 1 aromatic carbocycles. The van der Waals surface area contributed by atoms with Crippen molar-refractivity contribution < 1.29 is 23.9 Å². The molecule has 130 valence electrons. The maximum atomic E-state index is 11.6. The van der Waals surface area contributed by atoms with Gasteiger partial charge < -0.3 is 14.8 Å². The Balaban J connectivity index is 1.69. The Labute approximate surface area is 140 Å². The highest BCUT2D eigenvalue weighted by molar-refractivity contribution is 5.95. The van der Waals surface area contributed by atoms with Crippen LogP contribution < -0.4 is 15.4 Å². The molecule has 2 rings (SSSR count). The monoisotopic (exact) mass is 334 g/mol. The lowest BCUT2D eigenvalue weighted by molar-refractivity contribution is -0.150. The highest BCUT2D eigenvalue weighted by atomic mass is 16.6. The van der Waals surface area contributed by atoms with Crippen molar-refractivity contribution in [1.82, 2.24) is 10.6 Å². The fourth-order valence-electron chi connectivity index (χ4n) is 2.03. The molecule has 1 aromatic rings. The predicted octanol–water partition coefficient (Wildman–Crippen LogP) is 1.72. The second kappa shape index (κ2) is 8.33. The lowest BCUT2D eigenvalue weighted by Gasteiger charge is -2.13. The molecule has 24 heavy (non-hydrogen) atoms. The molecular weight excluding hydrogens is 312 g/mol. The molecule has 1 aliphatic rings. The Morgan fingerprint density at radius 1 is 1.17 bits per heavy atom. The first-order valence-electron chi connectivity index (χ1n) is 7.93. The first kappa shape index (κ1) is 17.8. The van der Waals surface area contributed by atoms with Crippen LogP contribution in [0.4, 0.5) is 4.79 Å². The second-order valence-corrected chi connectivity index (χ2v) is 5.94. The summed E-state index contributed by atoms with van der Waals surface area (Å²) in [5.41, 5.74) is 0.986. The van der Waals surface area contributed by atoms with Gasteiger partial charge in [-0.25, -0.2) is 9.59 Å². The molecule has 0 radical (unpaired) electrons. The van der Waals surface area contributed by atoms with Crippen molar-refractivity contribution in [2.75, 3.05) is 13.2 Å². The maximum absolute atomic E-state index is 11.6. The molecule has 0 unspecified atom stereocenters. The molecule has 0 bridgehead atoms. The van der Waals surface area contributed by atoms with Gasteiger partial charge in [-0.05, 0) is 30.4 Å². The summed E-state index contributed by atoms with van der Waals surface area (Å²) in [5, 5.41) is 4.70. The number of carbonyl (C=O) groups is 3. The lowest BCUT2D eigenvalue weighted by atomic mass is 10.0. The van der Waals surface area contributed by atoms with E-state index in [1.807, 2.05) is 32.0 Å². The summed E-state index contributed by atoms with van der Waals surface area (Å²) >= 11 is 0. The van der Waals surface area contributed by atoms with Crippen LogP contribution in [0, 0.1) is 0 Å². The molecule has 0 heterocycles. The van der Waals surface area contributed by atoms with Gasteiger partial charge in [-0.1, -0.05) is 32.0 Å². The van der Waals surface area contributed by atoms with Crippen LogP contribution in [0.3, 0.4) is 0 Å². The minimum atomic E-state index is -0.677. The zero-order chi connectivity index (χ0) is 17.5. The minimum Gasteiger partial charge on any atom is -0.482 e. The first-order chi connectivity index (χ1) is 11.5. The summed E-state index contributed by atoms with van der Waals surface area (Å²) in [6.45, 7) is 3.23. The highest BCUT2D eigenvalue weighted by Crippen LogP contribution is 2.25. The molecule has 1 saturated carbocycles. The number of rotatable bonds is 7. The molecule has 2 N–H and O–H groups in total. The van der Waals surface area contributed by atoms with E-state index in [-0.39, 0.29) is 18.6 Å². The Bertz CT molecular complexity index is 611. The van der Waals surface area contributed by atoms with E-state index in [2.05, 4.69) is 10.6 Å². The Kier molecular flexibility index (Phi) is 6.17. The summed E-state index contributed by atoms with van der Waals surface area (Å²) in [6, 6.07) is 7.00. The molecule has 0 spiro atoms. The summed E-state index contributed by atoms with van der Waals surface area (Å²) in [4.78, 5) is 34.5. The largest absolute Gasteiger partial charge is 0.482 e. The SMILES string of the molecule is CC(C)c1ccccc1OCC(=O)OCC(=O)NC(=O)NC1CC1. The third-order valence-corrected chi connectivity index (χ3v) is 3.42. The van der Waals surface area contributed by atoms with E-state index in [0.717, 1.165) is 18.4 Å². The number of para-hydroxylation sites is 1. The molecule has 3 amide bonds. The molecule has 1 fully saturated rings. The van der Waals surface area contributed by atoms with Crippen molar-refractivity contribution in [3.8, 4) is 5.75 Å². The van der Waals surface area contributed by atoms with Gasteiger partial charge in [0.1, 0.15) is 5.75 Å². The number of esters is 1. The topological polar surface area (TPSA) is 93.7 Å². The molecule has 1 aliphatic carbocycles. The number of ether oxygens (including phenoxy) is 2. The van der Waals surface area contributed by atoms with Gasteiger partial charge in [0, 0.05) is 6.04 Å². The van der Waals surface area contributed by atoms with Crippen LogP contribution in [0.25, 0.3) is 0 Å². The van der Waals surface area contributed by atoms with Crippen LogP contribution in [0.1, 0.15) is 38.2 Å². The number of carbonyl (C=O) groups excluding carboxylic acids is 3. The van der Waals surface area contributed by atoms with Gasteiger partial charge in [-0.2, -0.15) is 0 Å². The van der Waals surface area contributed by atoms with Crippen molar-refractivity contribution in [2.45, 2.75) is 38.6 Å². The van der Waals surface area contributed by atoms with Gasteiger partial charge in [0.05, 0.1) is 0 Å². The van der Waals surface area contributed by atoms with Crippen LogP contribution in [0.2, 0.25) is 0 Å². The van der Waals surface area contributed by atoms with Crippen molar-refractivity contribution in [3.63, 3.8) is 0 Å². The van der Waals surface area contributed by atoms with Crippen LogP contribution in [0.5, 0.6) is 5.75 Å². The molecule has 0 aromatic heterocycles. The molecule has 7 heteroatoms. The Morgan fingerprint density at radius 2 is 1.88 bits per heavy atom. The van der Waals surface area contributed by atoms with E-state index >= 15 is 0 Å². The third kappa shape index (κ3) is 5.91. The van der Waals surface area contributed by atoms with Crippen LogP contribution in [-0.4, -0.2) is 37.2 Å². The van der Waals surface area contributed by atoms with E-state index in [9.17, 15) is 14.4 Å². The number of urea groups is 1. The molecule has 7 nitrogen and oxygen atoms in total. The van der Waals surface area contributed by atoms with Gasteiger partial charge in [0.25, 0.3) is 5.91 Å². The molecule has 0 aliphatic heterocycles. The zero-order valence-corrected chi connectivity index (χ0v) is 13.8. The summed E-state index contributed by atoms with van der Waals surface area (Å²) in [6.07, 6.45) is 1.84. The van der Waals surface area contributed by atoms with Gasteiger partial charge in [0.2, 0.25) is 0 Å². The van der Waals surface area contributed by atoms with Crippen molar-refractivity contribution in [3.05, 3.63) is 29.8 Å². The summed E-state index contributed by atoms with van der Waals surface area (Å²) in [7, 11) is 0. The lowest BCUT2D eigenvalue weighted by Crippen LogP contribution is -2.42. The van der Waals surface area contributed by atoms with Crippen LogP contribution in [-0.2, 0) is 14.3 Å². The van der Waals surface area contributed by atoms with E-state index in [1.165, 1.54) is 0 Å². The fraction of sp³-hybridized carbons (Fsp3) is 0.471. The number of hydrogen-bond donors (Lipinski definition) is 2. The smallest absolute Gasteiger partial charge is 0.344 e. The maximum Gasteiger partial charge on any atom is 0.344 e. The highest BCUT2D eigenvalue weighted by Gasteiger charge is 2.24. The Morgan fingerprint density at radius 3 is 2.54 bits per heavy atom. The molecular formula is C17H22N2O5. The number of benzene rings is 1. The first-order valence-corrected chi connectivity index (χ1v) is 7.93. The number of nitrogens with one attached hydrogen (secondary N) is 2. The second-order valence-electron chi connectivity index (χ2n) is 5.94. The van der Waals surface area contributed by atoms with Gasteiger partial charge in [-0.15, -0.1) is 0 Å². The van der Waals surface area contributed by atoms with Gasteiger partial charge in [-0.3, -0.25) is 10.1 Å². The van der Waals surface area contributed by atoms with E-state index < -0.39 is 24.5 Å². The third-order valence-electron chi connectivity index (χ3n) is 3.42. The Hall–Kier alpha value is -2.57. The zero-order valence-electron chi connectivity index (χ0n) is 13.8. The van der Waals surface area contributed by atoms with Crippen molar-refractivity contribution in [1.29, 1.82) is 0 Å². The van der Waals surface area contributed by atoms with Crippen LogP contribution in [0.15, 0.2) is 24.3 Å². The number of imide groups is 1. The standard InChI is InChI=1S/C17H22N2O5/c1-11(2)13-5-3-4-6-14(13)23-10-16(21)24-9-15(20)19-17(22)18-12-7-8-12/h3-6,11-12H,7-10H2,1-2H3,(H2,18,19,20,22). The van der Waals surface area contributed by atoms with Crippen LogP contribution >= 0.6 is 0 Å². The van der Waals surface area contributed by atoms with E-state index in [1.54, 1.807) is 6.07 Å². The number of hydrogen-bond acceptors (Lipinski definition) is 5. The normalized spacial score (nSPS) is 13.3. The van der Waals surface area contributed by atoms with E-state index in [4.69, 9.17) is 9.47 Å². The summed E-state index contributed by atoms with van der Waals surface area (Å²) in [5.74, 6) is -0.485. The quantitative estimate of drug-likeness (QED) is 0.741. The minimum absolute atomic E-state index is 0.148. The average Bonchev–Trinajstić information content (AvgIpc) is 3.34. The van der Waals surface area contributed by atoms with Crippen molar-refractivity contribution >= 4 is 17.9 Å².